The van der Waals surface area contributed by atoms with Crippen molar-refractivity contribution in [2.24, 2.45) is 22.1 Å². The molecule has 0 amide bonds. The zero-order valence-electron chi connectivity index (χ0n) is 25.2. The average Bonchev–Trinajstić information content (AvgIpc) is 2.99. The molecule has 5 aliphatic rings. The standard InChI is InChI=1S/C34H46N8O/c35-31(25-6-8-29(9-7-25)43-28-4-2-1-3-5-28)30-32(36)38-23-39-33(30)40-26-10-14-42(15-11-26)27-18-34(19-27)12-16-41(17-13-34)22-24-20-37-21-24/h1-9,24,26-27,35,37-38H,10-23,36H2,(H,39,40). The SMILES string of the molecule is N=C(C1=C(N)NCN=C1NC1CCN(C2CC3(CCN(CC4CNC4)CC3)C2)CC1)c1ccc(Oc2ccccc2)cc1. The largest absolute Gasteiger partial charge is 0.457 e. The first-order valence-corrected chi connectivity index (χ1v) is 16.2. The number of piperidine rings is 2. The highest BCUT2D eigenvalue weighted by molar-refractivity contribution is 6.29. The van der Waals surface area contributed by atoms with Gasteiger partial charge < -0.3 is 36.2 Å². The van der Waals surface area contributed by atoms with Crippen LogP contribution in [0.4, 0.5) is 0 Å². The molecule has 0 atom stereocenters. The second-order valence-corrected chi connectivity index (χ2v) is 13.3. The van der Waals surface area contributed by atoms with Crippen molar-refractivity contribution < 1.29 is 4.74 Å². The molecule has 4 aliphatic heterocycles. The van der Waals surface area contributed by atoms with E-state index in [1.54, 1.807) is 0 Å². The van der Waals surface area contributed by atoms with Gasteiger partial charge in [-0.15, -0.1) is 0 Å². The fourth-order valence-electron chi connectivity index (χ4n) is 7.59. The molecule has 7 rings (SSSR count). The van der Waals surface area contributed by atoms with E-state index < -0.39 is 0 Å². The lowest BCUT2D eigenvalue weighted by atomic mass is 9.59. The number of hydrogen-bond donors (Lipinski definition) is 5. The normalized spacial score (nSPS) is 23.7. The van der Waals surface area contributed by atoms with E-state index in [0.717, 1.165) is 60.8 Å². The summed E-state index contributed by atoms with van der Waals surface area (Å²) in [6.07, 6.45) is 7.73. The minimum absolute atomic E-state index is 0.337. The Morgan fingerprint density at radius 3 is 2.35 bits per heavy atom. The Kier molecular flexibility index (Phi) is 8.12. The first-order chi connectivity index (χ1) is 21.0. The van der Waals surface area contributed by atoms with Gasteiger partial charge in [0.2, 0.25) is 0 Å². The van der Waals surface area contributed by atoms with E-state index in [9.17, 15) is 0 Å². The summed E-state index contributed by atoms with van der Waals surface area (Å²) >= 11 is 0. The number of ether oxygens (including phenoxy) is 1. The van der Waals surface area contributed by atoms with E-state index in [0.29, 0.717) is 35.2 Å². The number of hydrogen-bond acceptors (Lipinski definition) is 9. The predicted molar refractivity (Wildman–Crippen MR) is 172 cm³/mol. The monoisotopic (exact) mass is 582 g/mol. The Labute approximate surface area is 255 Å². The van der Waals surface area contributed by atoms with Crippen LogP contribution in [0, 0.1) is 16.7 Å². The molecule has 2 aromatic carbocycles. The third-order valence-corrected chi connectivity index (χ3v) is 10.4. The number of nitrogens with zero attached hydrogens (tertiary/aromatic N) is 3. The van der Waals surface area contributed by atoms with E-state index in [-0.39, 0.29) is 0 Å². The van der Waals surface area contributed by atoms with Gasteiger partial charge in [-0.1, -0.05) is 18.2 Å². The van der Waals surface area contributed by atoms with Crippen molar-refractivity contribution >= 4 is 11.5 Å². The van der Waals surface area contributed by atoms with Gasteiger partial charge in [-0.3, -0.25) is 5.41 Å². The Hall–Kier alpha value is -3.40. The smallest absolute Gasteiger partial charge is 0.136 e. The van der Waals surface area contributed by atoms with Gasteiger partial charge in [0, 0.05) is 50.4 Å². The number of amidine groups is 1. The Morgan fingerprint density at radius 2 is 1.67 bits per heavy atom. The summed E-state index contributed by atoms with van der Waals surface area (Å²) in [7, 11) is 0. The molecule has 1 saturated carbocycles. The maximum Gasteiger partial charge on any atom is 0.136 e. The number of nitrogens with two attached hydrogens (primary N) is 1. The van der Waals surface area contributed by atoms with Crippen LogP contribution in [0.2, 0.25) is 0 Å². The maximum absolute atomic E-state index is 9.01. The minimum atomic E-state index is 0.337. The van der Waals surface area contributed by atoms with Crippen LogP contribution in [0.5, 0.6) is 11.5 Å². The number of benzene rings is 2. The van der Waals surface area contributed by atoms with E-state index in [1.807, 2.05) is 54.6 Å². The maximum atomic E-state index is 9.01. The van der Waals surface area contributed by atoms with Gasteiger partial charge in [0.05, 0.1) is 11.3 Å². The molecule has 0 bridgehead atoms. The number of rotatable bonds is 8. The second kappa shape index (κ2) is 12.3. The fourth-order valence-corrected chi connectivity index (χ4v) is 7.59. The second-order valence-electron chi connectivity index (χ2n) is 13.3. The van der Waals surface area contributed by atoms with Crippen molar-refractivity contribution in [3.05, 3.63) is 71.6 Å². The number of aliphatic imine (C=N–C) groups is 1. The van der Waals surface area contributed by atoms with Crippen LogP contribution in [-0.4, -0.2) is 85.9 Å². The lowest BCUT2D eigenvalue weighted by Crippen LogP contribution is -2.58. The molecular weight excluding hydrogens is 536 g/mol. The molecule has 3 saturated heterocycles. The van der Waals surface area contributed by atoms with Gasteiger partial charge in [-0.05, 0) is 99.3 Å². The molecule has 9 heteroatoms. The predicted octanol–water partition coefficient (Wildman–Crippen LogP) is 3.49. The van der Waals surface area contributed by atoms with Crippen molar-refractivity contribution in [3.8, 4) is 11.5 Å². The topological polar surface area (TPSA) is 114 Å². The molecule has 4 fully saturated rings. The van der Waals surface area contributed by atoms with Gasteiger partial charge >= 0.3 is 0 Å². The molecule has 0 radical (unpaired) electrons. The van der Waals surface area contributed by atoms with Crippen molar-refractivity contribution in [2.75, 3.05) is 52.5 Å². The zero-order chi connectivity index (χ0) is 29.2. The Morgan fingerprint density at radius 1 is 0.977 bits per heavy atom. The van der Waals surface area contributed by atoms with Gasteiger partial charge in [0.25, 0.3) is 0 Å². The van der Waals surface area contributed by atoms with Crippen molar-refractivity contribution in [2.45, 2.75) is 50.6 Å². The van der Waals surface area contributed by atoms with Crippen LogP contribution < -0.4 is 26.4 Å². The minimum Gasteiger partial charge on any atom is -0.457 e. The van der Waals surface area contributed by atoms with E-state index >= 15 is 0 Å². The summed E-state index contributed by atoms with van der Waals surface area (Å²) < 4.78 is 5.93. The fraction of sp³-hybridized carbons (Fsp3) is 0.529. The van der Waals surface area contributed by atoms with E-state index in [4.69, 9.17) is 20.9 Å². The molecule has 0 unspecified atom stereocenters. The van der Waals surface area contributed by atoms with E-state index in [1.165, 1.54) is 58.4 Å². The van der Waals surface area contributed by atoms with Gasteiger partial charge in [-0.2, -0.15) is 0 Å². The average molecular weight is 583 g/mol. The van der Waals surface area contributed by atoms with Crippen LogP contribution in [0.1, 0.15) is 44.1 Å². The van der Waals surface area contributed by atoms with Crippen LogP contribution in [0.3, 0.4) is 0 Å². The molecule has 0 aromatic heterocycles. The third kappa shape index (κ3) is 6.30. The van der Waals surface area contributed by atoms with Crippen LogP contribution in [-0.2, 0) is 0 Å². The molecule has 43 heavy (non-hydrogen) atoms. The van der Waals surface area contributed by atoms with Gasteiger partial charge in [0.1, 0.15) is 29.8 Å². The lowest BCUT2D eigenvalue weighted by molar-refractivity contribution is -0.0520. The molecule has 1 spiro atoms. The lowest BCUT2D eigenvalue weighted by Gasteiger charge is -2.56. The van der Waals surface area contributed by atoms with Crippen molar-refractivity contribution in [1.82, 2.24) is 25.8 Å². The summed E-state index contributed by atoms with van der Waals surface area (Å²) in [4.78, 5) is 10.2. The molecule has 228 valence electrons. The third-order valence-electron chi connectivity index (χ3n) is 10.4. The molecule has 4 heterocycles. The highest BCUT2D eigenvalue weighted by Gasteiger charge is 2.48. The molecule has 2 aromatic rings. The molecule has 6 N–H and O–H groups in total. The quantitative estimate of drug-likeness (QED) is 0.303. The molecule has 1 aliphatic carbocycles. The molecule has 9 nitrogen and oxygen atoms in total. The van der Waals surface area contributed by atoms with Crippen molar-refractivity contribution in [1.29, 1.82) is 5.41 Å². The van der Waals surface area contributed by atoms with E-state index in [2.05, 4.69) is 25.8 Å². The summed E-state index contributed by atoms with van der Waals surface area (Å²) in [6.45, 7) is 8.99. The Bertz CT molecular complexity index is 1330. The highest BCUT2D eigenvalue weighted by Crippen LogP contribution is 2.51. The summed E-state index contributed by atoms with van der Waals surface area (Å²) in [5, 5.41) is 19.2. The summed E-state index contributed by atoms with van der Waals surface area (Å²) in [5.41, 5.74) is 8.80. The van der Waals surface area contributed by atoms with Crippen molar-refractivity contribution in [3.63, 3.8) is 0 Å². The Balaban J connectivity index is 0.894. The summed E-state index contributed by atoms with van der Waals surface area (Å²) in [6, 6.07) is 18.4. The molecular formula is C34H46N8O. The van der Waals surface area contributed by atoms with Crippen LogP contribution in [0.25, 0.3) is 0 Å². The number of nitrogens with one attached hydrogen (secondary N) is 4. The number of likely N-dealkylation sites (tertiary alicyclic amines) is 2. The van der Waals surface area contributed by atoms with Crippen LogP contribution >= 0.6 is 0 Å². The first kappa shape index (κ1) is 28.4. The van der Waals surface area contributed by atoms with Gasteiger partial charge in [0.15, 0.2) is 0 Å². The summed E-state index contributed by atoms with van der Waals surface area (Å²) in [5.74, 6) is 3.63. The zero-order valence-corrected chi connectivity index (χ0v) is 25.2. The first-order valence-electron chi connectivity index (χ1n) is 16.2. The highest BCUT2D eigenvalue weighted by atomic mass is 16.5. The number of para-hydroxylation sites is 1. The van der Waals surface area contributed by atoms with Crippen LogP contribution in [0.15, 0.2) is 71.0 Å². The van der Waals surface area contributed by atoms with Gasteiger partial charge in [-0.25, -0.2) is 4.99 Å².